The number of rotatable bonds is 3. The Kier molecular flexibility index (Phi) is 5.01. The fourth-order valence-electron chi connectivity index (χ4n) is 4.00. The number of hydrogen-bond donors (Lipinski definition) is 3. The highest BCUT2D eigenvalue weighted by atomic mass is 32.2. The van der Waals surface area contributed by atoms with Crippen molar-refractivity contribution in [2.45, 2.75) is 62.3 Å². The minimum atomic E-state index is -3.57. The zero-order valence-electron chi connectivity index (χ0n) is 16.2. The predicted molar refractivity (Wildman–Crippen MR) is 110 cm³/mol. The van der Waals surface area contributed by atoms with Crippen LogP contribution in [0.1, 0.15) is 54.6 Å². The quantitative estimate of drug-likeness (QED) is 0.680. The van der Waals surface area contributed by atoms with E-state index in [1.807, 2.05) is 0 Å². The first-order chi connectivity index (χ1) is 13.6. The highest BCUT2D eigenvalue weighted by Crippen LogP contribution is 2.41. The van der Waals surface area contributed by atoms with Gasteiger partial charge in [0.05, 0.1) is 5.69 Å². The lowest BCUT2D eigenvalue weighted by Crippen LogP contribution is -2.20. The maximum atomic E-state index is 14.8. The van der Waals surface area contributed by atoms with Crippen molar-refractivity contribution >= 4 is 33.0 Å². The lowest BCUT2D eigenvalue weighted by Gasteiger charge is -2.16. The highest BCUT2D eigenvalue weighted by Gasteiger charge is 2.30. The topological polar surface area (TPSA) is 118 Å². The molecular formula is C19H23FN4O3S2. The van der Waals surface area contributed by atoms with Gasteiger partial charge in [0.2, 0.25) is 4.34 Å². The minimum Gasteiger partial charge on any atom is -0.384 e. The second-order valence-electron chi connectivity index (χ2n) is 7.96. The van der Waals surface area contributed by atoms with E-state index >= 15 is 0 Å². The van der Waals surface area contributed by atoms with Crippen molar-refractivity contribution in [3.63, 3.8) is 0 Å². The molecule has 156 valence electrons. The van der Waals surface area contributed by atoms with Crippen molar-refractivity contribution in [2.75, 3.05) is 5.32 Å². The summed E-state index contributed by atoms with van der Waals surface area (Å²) in [5.41, 5.74) is 2.66. The molecule has 0 spiro atoms. The fourth-order valence-corrected chi connectivity index (χ4v) is 6.11. The first kappa shape index (κ1) is 20.4. The number of fused-ring (bicyclic) bond motifs is 2. The molecule has 0 bridgehead atoms. The second-order valence-corrected chi connectivity index (χ2v) is 10.8. The SMILES string of the molecule is CC(C)(O)c1csc([S@@](N)(=O)=NC(=O)Nc2c3c(c(F)c4c2CCC4)CCC3)n1. The van der Waals surface area contributed by atoms with Crippen molar-refractivity contribution in [1.82, 2.24) is 4.98 Å². The van der Waals surface area contributed by atoms with Gasteiger partial charge in [-0.25, -0.2) is 23.5 Å². The van der Waals surface area contributed by atoms with E-state index < -0.39 is 21.5 Å². The average Bonchev–Trinajstić information content (AvgIpc) is 3.37. The monoisotopic (exact) mass is 438 g/mol. The van der Waals surface area contributed by atoms with Crippen LogP contribution in [0.4, 0.5) is 14.9 Å². The van der Waals surface area contributed by atoms with Crippen molar-refractivity contribution in [1.29, 1.82) is 0 Å². The third kappa shape index (κ3) is 3.70. The first-order valence-electron chi connectivity index (χ1n) is 9.47. The summed E-state index contributed by atoms with van der Waals surface area (Å²) in [4.78, 5) is 16.7. The Balaban J connectivity index is 1.67. The molecule has 2 aliphatic rings. The smallest absolute Gasteiger partial charge is 0.354 e. The number of thiazole rings is 1. The fraction of sp³-hybridized carbons (Fsp3) is 0.474. The second kappa shape index (κ2) is 7.12. The molecule has 7 nitrogen and oxygen atoms in total. The summed E-state index contributed by atoms with van der Waals surface area (Å²) in [5, 5.41) is 20.1. The Morgan fingerprint density at radius 3 is 2.31 bits per heavy atom. The van der Waals surface area contributed by atoms with E-state index in [1.54, 1.807) is 13.8 Å². The first-order valence-corrected chi connectivity index (χ1v) is 11.9. The van der Waals surface area contributed by atoms with E-state index in [0.717, 1.165) is 35.3 Å². The molecular weight excluding hydrogens is 415 g/mol. The van der Waals surface area contributed by atoms with Crippen LogP contribution in [0, 0.1) is 5.82 Å². The van der Waals surface area contributed by atoms with Gasteiger partial charge in [-0.15, -0.1) is 15.7 Å². The maximum absolute atomic E-state index is 14.8. The molecule has 0 saturated heterocycles. The van der Waals surface area contributed by atoms with Gasteiger partial charge in [0, 0.05) is 11.1 Å². The number of carbonyl (C=O) groups excluding carboxylic acids is 1. The Bertz CT molecular complexity index is 1090. The van der Waals surface area contributed by atoms with Crippen LogP contribution in [0.2, 0.25) is 0 Å². The Morgan fingerprint density at radius 2 is 1.79 bits per heavy atom. The minimum absolute atomic E-state index is 0.0284. The van der Waals surface area contributed by atoms with Crippen molar-refractivity contribution < 1.29 is 18.5 Å². The lowest BCUT2D eigenvalue weighted by atomic mass is 9.98. The Morgan fingerprint density at radius 1 is 1.24 bits per heavy atom. The molecule has 2 aromatic rings. The molecule has 0 aliphatic heterocycles. The summed E-state index contributed by atoms with van der Waals surface area (Å²) in [6.45, 7) is 3.09. The average molecular weight is 439 g/mol. The molecule has 29 heavy (non-hydrogen) atoms. The van der Waals surface area contributed by atoms with Crippen LogP contribution < -0.4 is 10.5 Å². The van der Waals surface area contributed by atoms with Crippen LogP contribution in [0.25, 0.3) is 0 Å². The molecule has 1 aromatic carbocycles. The van der Waals surface area contributed by atoms with Gasteiger partial charge in [-0.1, -0.05) is 0 Å². The normalized spacial score (nSPS) is 17.6. The van der Waals surface area contributed by atoms with E-state index in [2.05, 4.69) is 14.7 Å². The van der Waals surface area contributed by atoms with Gasteiger partial charge < -0.3 is 10.4 Å². The number of halogens is 1. The van der Waals surface area contributed by atoms with E-state index in [9.17, 15) is 18.5 Å². The summed E-state index contributed by atoms with van der Waals surface area (Å²) in [7, 11) is -3.57. The molecule has 2 aliphatic carbocycles. The summed E-state index contributed by atoms with van der Waals surface area (Å²) in [5.74, 6) is -0.135. The molecule has 1 heterocycles. The molecule has 0 unspecified atom stereocenters. The molecule has 10 heteroatoms. The number of hydrogen-bond acceptors (Lipinski definition) is 5. The number of aromatic nitrogens is 1. The van der Waals surface area contributed by atoms with E-state index in [-0.39, 0.29) is 10.2 Å². The van der Waals surface area contributed by atoms with Gasteiger partial charge in [0.25, 0.3) is 0 Å². The number of nitrogens with two attached hydrogens (primary N) is 1. The number of amides is 2. The number of nitrogens with zero attached hydrogens (tertiary/aromatic N) is 2. The van der Waals surface area contributed by atoms with E-state index in [4.69, 9.17) is 5.14 Å². The van der Waals surface area contributed by atoms with Gasteiger partial charge in [-0.3, -0.25) is 0 Å². The number of nitrogens with one attached hydrogen (secondary N) is 1. The summed E-state index contributed by atoms with van der Waals surface area (Å²) in [6, 6.07) is -0.840. The van der Waals surface area contributed by atoms with Gasteiger partial charge in [-0.05, 0) is 74.6 Å². The molecule has 0 radical (unpaired) electrons. The number of aliphatic hydroxyl groups is 1. The third-order valence-corrected chi connectivity index (χ3v) is 8.05. The van der Waals surface area contributed by atoms with Crippen LogP contribution in [0.15, 0.2) is 14.1 Å². The van der Waals surface area contributed by atoms with Gasteiger partial charge in [-0.2, -0.15) is 0 Å². The number of urea groups is 1. The zero-order chi connectivity index (χ0) is 21.0. The van der Waals surface area contributed by atoms with Crippen molar-refractivity contribution in [3.8, 4) is 0 Å². The lowest BCUT2D eigenvalue weighted by molar-refractivity contribution is 0.0741. The molecule has 0 fully saturated rings. The number of carbonyl (C=O) groups is 1. The van der Waals surface area contributed by atoms with Crippen LogP contribution in [-0.2, 0) is 41.2 Å². The largest absolute Gasteiger partial charge is 0.384 e. The van der Waals surface area contributed by atoms with Gasteiger partial charge in [0.15, 0.2) is 9.92 Å². The molecule has 2 amide bonds. The molecule has 4 N–H and O–H groups in total. The zero-order valence-corrected chi connectivity index (χ0v) is 17.9. The van der Waals surface area contributed by atoms with E-state index in [0.29, 0.717) is 48.2 Å². The van der Waals surface area contributed by atoms with Crippen molar-refractivity contribution in [2.24, 2.45) is 9.50 Å². The summed E-state index contributed by atoms with van der Waals surface area (Å²) in [6.07, 6.45) is 4.36. The van der Waals surface area contributed by atoms with Gasteiger partial charge in [0.1, 0.15) is 11.4 Å². The maximum Gasteiger partial charge on any atom is 0.354 e. The summed E-state index contributed by atoms with van der Waals surface area (Å²) < 4.78 is 31.2. The van der Waals surface area contributed by atoms with Crippen LogP contribution in [-0.4, -0.2) is 20.3 Å². The van der Waals surface area contributed by atoms with Crippen molar-refractivity contribution in [3.05, 3.63) is 39.1 Å². The molecule has 0 saturated carbocycles. The standard InChI is InChI=1S/C19H23FN4O3S2/c1-19(2,26)14-9-28-18(22-14)29(21,27)24-17(25)23-16-12-7-3-5-10(12)15(20)11-6-4-8-13(11)16/h9,26H,3-8H2,1-2H3,(H3,21,23,24,25,27)/t29-/m0/s1. The van der Waals surface area contributed by atoms with Crippen LogP contribution in [0.3, 0.4) is 0 Å². The third-order valence-electron chi connectivity index (χ3n) is 5.38. The Hall–Kier alpha value is -1.88. The van der Waals surface area contributed by atoms with E-state index in [1.165, 1.54) is 5.38 Å². The van der Waals surface area contributed by atoms with Crippen LogP contribution >= 0.6 is 11.3 Å². The number of benzene rings is 1. The molecule has 1 atom stereocenters. The number of anilines is 1. The van der Waals surface area contributed by atoms with Gasteiger partial charge >= 0.3 is 6.03 Å². The molecule has 4 rings (SSSR count). The summed E-state index contributed by atoms with van der Waals surface area (Å²) >= 11 is 0.979. The van der Waals surface area contributed by atoms with Crippen LogP contribution in [0.5, 0.6) is 0 Å². The Labute approximate surface area is 172 Å². The molecule has 1 aromatic heterocycles. The highest BCUT2D eigenvalue weighted by molar-refractivity contribution is 7.93. The predicted octanol–water partition coefficient (Wildman–Crippen LogP) is 3.42.